The highest BCUT2D eigenvalue weighted by molar-refractivity contribution is 7.95. The number of aryl methyl sites for hydroxylation is 2. The summed E-state index contributed by atoms with van der Waals surface area (Å²) < 4.78 is 37.1. The zero-order chi connectivity index (χ0) is 21.4. The number of ether oxygens (including phenoxy) is 2. The molecule has 0 bridgehead atoms. The third kappa shape index (κ3) is 3.42. The number of carbonyl (C=O) groups is 1. The highest BCUT2D eigenvalue weighted by Crippen LogP contribution is 2.40. The molecule has 1 saturated heterocycles. The summed E-state index contributed by atoms with van der Waals surface area (Å²) in [7, 11) is -0.919. The molecule has 1 heterocycles. The average molecular weight is 419 g/mol. The number of carbonyl (C=O) groups excluding carboxylic acids is 1. The van der Waals surface area contributed by atoms with Crippen molar-refractivity contribution in [1.29, 1.82) is 0 Å². The summed E-state index contributed by atoms with van der Waals surface area (Å²) in [5.41, 5.74) is 2.75. The smallest absolute Gasteiger partial charge is 0.249 e. The summed E-state index contributed by atoms with van der Waals surface area (Å²) in [5.74, 6) is 0.374. The monoisotopic (exact) mass is 418 g/mol. The van der Waals surface area contributed by atoms with Crippen LogP contribution in [0.4, 0.5) is 11.4 Å². The third-order valence-corrected chi connectivity index (χ3v) is 7.95. The van der Waals surface area contributed by atoms with Crippen LogP contribution in [0, 0.1) is 13.8 Å². The van der Waals surface area contributed by atoms with Crippen molar-refractivity contribution in [3.8, 4) is 11.5 Å². The predicted octanol–water partition coefficient (Wildman–Crippen LogP) is 3.26. The molecule has 1 fully saturated rings. The van der Waals surface area contributed by atoms with Gasteiger partial charge in [0.1, 0.15) is 11.5 Å². The van der Waals surface area contributed by atoms with Crippen LogP contribution in [0.3, 0.4) is 0 Å². The SMILES string of the molecule is COc1ccc(NC(=O)[C@@]2(C)CCN(c3c(C)cccc3C)S2(=O)=O)c(OC)c1. The van der Waals surface area contributed by atoms with Crippen LogP contribution in [0.1, 0.15) is 24.5 Å². The number of methoxy groups -OCH3 is 2. The van der Waals surface area contributed by atoms with Gasteiger partial charge in [-0.1, -0.05) is 18.2 Å². The normalized spacial score (nSPS) is 20.4. The molecule has 3 rings (SSSR count). The zero-order valence-corrected chi connectivity index (χ0v) is 18.1. The molecule has 0 radical (unpaired) electrons. The molecule has 1 atom stereocenters. The van der Waals surface area contributed by atoms with Crippen LogP contribution in [0.15, 0.2) is 36.4 Å². The molecule has 156 valence electrons. The van der Waals surface area contributed by atoms with Crippen LogP contribution in [-0.4, -0.2) is 39.8 Å². The fourth-order valence-corrected chi connectivity index (χ4v) is 5.61. The topological polar surface area (TPSA) is 84.9 Å². The van der Waals surface area contributed by atoms with Gasteiger partial charge < -0.3 is 14.8 Å². The van der Waals surface area contributed by atoms with Crippen LogP contribution in [0.5, 0.6) is 11.5 Å². The van der Waals surface area contributed by atoms with E-state index < -0.39 is 20.7 Å². The number of para-hydroxylation sites is 1. The van der Waals surface area contributed by atoms with E-state index in [0.29, 0.717) is 22.9 Å². The lowest BCUT2D eigenvalue weighted by Gasteiger charge is -2.27. The van der Waals surface area contributed by atoms with Gasteiger partial charge in [-0.05, 0) is 50.5 Å². The van der Waals surface area contributed by atoms with Crippen LogP contribution in [0.25, 0.3) is 0 Å². The molecular formula is C21H26N2O5S. The second-order valence-electron chi connectivity index (χ2n) is 7.32. The Bertz CT molecular complexity index is 1030. The molecule has 0 spiro atoms. The average Bonchev–Trinajstić information content (AvgIpc) is 2.93. The van der Waals surface area contributed by atoms with Gasteiger partial charge in [-0.2, -0.15) is 0 Å². The molecule has 0 unspecified atom stereocenters. The number of anilines is 2. The summed E-state index contributed by atoms with van der Waals surface area (Å²) in [5, 5.41) is 2.73. The summed E-state index contributed by atoms with van der Waals surface area (Å²) >= 11 is 0. The Hall–Kier alpha value is -2.74. The van der Waals surface area contributed by atoms with Crippen molar-refractivity contribution in [1.82, 2.24) is 0 Å². The van der Waals surface area contributed by atoms with E-state index in [1.807, 2.05) is 32.0 Å². The highest BCUT2D eigenvalue weighted by atomic mass is 32.2. The number of sulfonamides is 1. The van der Waals surface area contributed by atoms with E-state index in [9.17, 15) is 13.2 Å². The Morgan fingerprint density at radius 1 is 1.10 bits per heavy atom. The van der Waals surface area contributed by atoms with E-state index >= 15 is 0 Å². The summed E-state index contributed by atoms with van der Waals surface area (Å²) in [6.07, 6.45) is 0.188. The van der Waals surface area contributed by atoms with Crippen LogP contribution in [0.2, 0.25) is 0 Å². The van der Waals surface area contributed by atoms with Crippen molar-refractivity contribution < 1.29 is 22.7 Å². The molecule has 8 heteroatoms. The number of rotatable bonds is 5. The second-order valence-corrected chi connectivity index (χ2v) is 9.61. The van der Waals surface area contributed by atoms with E-state index in [1.54, 1.807) is 18.2 Å². The van der Waals surface area contributed by atoms with Crippen molar-refractivity contribution in [2.45, 2.75) is 31.9 Å². The molecule has 1 amide bonds. The molecule has 0 aromatic heterocycles. The number of nitrogens with zero attached hydrogens (tertiary/aromatic N) is 1. The van der Waals surface area contributed by atoms with E-state index in [2.05, 4.69) is 5.32 Å². The summed E-state index contributed by atoms with van der Waals surface area (Å²) in [4.78, 5) is 13.1. The summed E-state index contributed by atoms with van der Waals surface area (Å²) in [6.45, 7) is 5.46. The first-order valence-electron chi connectivity index (χ1n) is 9.27. The van der Waals surface area contributed by atoms with Gasteiger partial charge in [-0.25, -0.2) is 8.42 Å². The minimum Gasteiger partial charge on any atom is -0.497 e. The highest BCUT2D eigenvalue weighted by Gasteiger charge is 2.55. The van der Waals surface area contributed by atoms with Crippen molar-refractivity contribution in [3.05, 3.63) is 47.5 Å². The standard InChI is InChI=1S/C21H26N2O5S/c1-14-7-6-8-15(2)19(14)23-12-11-21(3,29(23,25)26)20(24)22-17-10-9-16(27-4)13-18(17)28-5/h6-10,13H,11-12H2,1-5H3,(H,22,24)/t21-/m1/s1. The van der Waals surface area contributed by atoms with E-state index in [0.717, 1.165) is 11.1 Å². The van der Waals surface area contributed by atoms with E-state index in [1.165, 1.54) is 25.4 Å². The first-order chi connectivity index (χ1) is 13.7. The van der Waals surface area contributed by atoms with Crippen LogP contribution in [-0.2, 0) is 14.8 Å². The predicted molar refractivity (Wildman–Crippen MR) is 113 cm³/mol. The molecular weight excluding hydrogens is 392 g/mol. The lowest BCUT2D eigenvalue weighted by atomic mass is 10.0. The minimum absolute atomic E-state index is 0.188. The van der Waals surface area contributed by atoms with Gasteiger partial charge in [0, 0.05) is 12.6 Å². The first-order valence-corrected chi connectivity index (χ1v) is 10.7. The fraction of sp³-hybridized carbons (Fsp3) is 0.381. The fourth-order valence-electron chi connectivity index (χ4n) is 3.63. The van der Waals surface area contributed by atoms with Crippen molar-refractivity contribution in [2.75, 3.05) is 30.4 Å². The Morgan fingerprint density at radius 2 is 1.76 bits per heavy atom. The maximum atomic E-state index is 13.4. The Morgan fingerprint density at radius 3 is 2.34 bits per heavy atom. The number of nitrogens with one attached hydrogen (secondary N) is 1. The third-order valence-electron chi connectivity index (χ3n) is 5.48. The van der Waals surface area contributed by atoms with Crippen molar-refractivity contribution >= 4 is 27.3 Å². The molecule has 0 aliphatic carbocycles. The van der Waals surface area contributed by atoms with E-state index in [-0.39, 0.29) is 13.0 Å². The Balaban J connectivity index is 1.94. The van der Waals surface area contributed by atoms with Crippen LogP contribution < -0.4 is 19.1 Å². The minimum atomic E-state index is -3.92. The maximum Gasteiger partial charge on any atom is 0.249 e. The Labute approximate surface area is 171 Å². The number of amides is 1. The first kappa shape index (κ1) is 21.0. The maximum absolute atomic E-state index is 13.4. The molecule has 29 heavy (non-hydrogen) atoms. The summed E-state index contributed by atoms with van der Waals surface area (Å²) in [6, 6.07) is 10.6. The van der Waals surface area contributed by atoms with Gasteiger partial charge in [-0.3, -0.25) is 9.10 Å². The number of benzene rings is 2. The molecule has 1 aliphatic heterocycles. The van der Waals surface area contributed by atoms with Gasteiger partial charge in [0.15, 0.2) is 4.75 Å². The molecule has 1 aliphatic rings. The molecule has 0 saturated carbocycles. The van der Waals surface area contributed by atoms with Crippen molar-refractivity contribution in [3.63, 3.8) is 0 Å². The molecule has 1 N–H and O–H groups in total. The van der Waals surface area contributed by atoms with Gasteiger partial charge in [0.2, 0.25) is 15.9 Å². The molecule has 2 aromatic rings. The molecule has 7 nitrogen and oxygen atoms in total. The molecule has 2 aromatic carbocycles. The second kappa shape index (κ2) is 7.59. The quantitative estimate of drug-likeness (QED) is 0.806. The van der Waals surface area contributed by atoms with Gasteiger partial charge in [-0.15, -0.1) is 0 Å². The lowest BCUT2D eigenvalue weighted by molar-refractivity contribution is -0.118. The van der Waals surface area contributed by atoms with Crippen molar-refractivity contribution in [2.24, 2.45) is 0 Å². The number of hydrogen-bond donors (Lipinski definition) is 1. The largest absolute Gasteiger partial charge is 0.497 e. The Kier molecular flexibility index (Phi) is 5.49. The van der Waals surface area contributed by atoms with Gasteiger partial charge in [0.05, 0.1) is 25.6 Å². The van der Waals surface area contributed by atoms with Gasteiger partial charge >= 0.3 is 0 Å². The van der Waals surface area contributed by atoms with E-state index in [4.69, 9.17) is 9.47 Å². The van der Waals surface area contributed by atoms with Gasteiger partial charge in [0.25, 0.3) is 0 Å². The van der Waals surface area contributed by atoms with Crippen LogP contribution >= 0.6 is 0 Å². The number of hydrogen-bond acceptors (Lipinski definition) is 5. The zero-order valence-electron chi connectivity index (χ0n) is 17.3. The lowest BCUT2D eigenvalue weighted by Crippen LogP contribution is -2.47.